The molecule has 1 fully saturated rings. The van der Waals surface area contributed by atoms with Gasteiger partial charge in [0.05, 0.1) is 10.1 Å². The van der Waals surface area contributed by atoms with E-state index < -0.39 is 20.9 Å². The van der Waals surface area contributed by atoms with Gasteiger partial charge in [0.25, 0.3) is 0 Å². The first-order valence-corrected chi connectivity index (χ1v) is 10.1. The van der Waals surface area contributed by atoms with Crippen LogP contribution >= 0.6 is 11.6 Å². The number of carbonyl (C=O) groups excluding carboxylic acids is 1. The van der Waals surface area contributed by atoms with Gasteiger partial charge < -0.3 is 10.2 Å². The fourth-order valence-corrected chi connectivity index (χ4v) is 4.78. The molecular formula is C18H18ClFN2O3S. The second-order valence-electron chi connectivity index (χ2n) is 6.12. The molecule has 1 saturated heterocycles. The number of rotatable bonds is 3. The molecular weight excluding hydrogens is 379 g/mol. The highest BCUT2D eigenvalue weighted by Gasteiger charge is 2.32. The molecule has 0 aromatic heterocycles. The molecule has 1 aliphatic heterocycles. The largest absolute Gasteiger partial charge is 0.324 e. The van der Waals surface area contributed by atoms with Crippen LogP contribution in [0.3, 0.4) is 0 Å². The maximum absolute atomic E-state index is 13.0. The second kappa shape index (κ2) is 7.63. The Bertz CT molecular complexity index is 878. The summed E-state index contributed by atoms with van der Waals surface area (Å²) in [6, 6.07) is 11.3. The zero-order valence-corrected chi connectivity index (χ0v) is 15.4. The van der Waals surface area contributed by atoms with Gasteiger partial charge >= 0.3 is 6.03 Å². The molecule has 0 atom stereocenters. The zero-order chi connectivity index (χ0) is 18.7. The van der Waals surface area contributed by atoms with Crippen molar-refractivity contribution in [2.24, 2.45) is 0 Å². The normalized spacial score (nSPS) is 15.7. The van der Waals surface area contributed by atoms with E-state index >= 15 is 0 Å². The number of hydrogen-bond donors (Lipinski definition) is 1. The summed E-state index contributed by atoms with van der Waals surface area (Å²) in [5.74, 6) is -0.474. The summed E-state index contributed by atoms with van der Waals surface area (Å²) in [5, 5.41) is 2.77. The summed E-state index contributed by atoms with van der Waals surface area (Å²) >= 11 is 5.81. The Labute approximate surface area is 156 Å². The number of piperidine rings is 1. The van der Waals surface area contributed by atoms with Crippen LogP contribution in [0.5, 0.6) is 0 Å². The monoisotopic (exact) mass is 396 g/mol. The van der Waals surface area contributed by atoms with E-state index in [-0.39, 0.29) is 10.9 Å². The van der Waals surface area contributed by atoms with Crippen LogP contribution in [0.2, 0.25) is 5.02 Å². The molecule has 0 saturated carbocycles. The van der Waals surface area contributed by atoms with Gasteiger partial charge in [0.2, 0.25) is 0 Å². The summed E-state index contributed by atoms with van der Waals surface area (Å²) in [6.07, 6.45) is 0.682. The molecule has 1 heterocycles. The molecule has 0 radical (unpaired) electrons. The van der Waals surface area contributed by atoms with Gasteiger partial charge in [0.1, 0.15) is 5.82 Å². The molecule has 0 bridgehead atoms. The predicted octanol–water partition coefficient (Wildman–Crippen LogP) is 3.95. The topological polar surface area (TPSA) is 66.5 Å². The molecule has 26 heavy (non-hydrogen) atoms. The Hall–Kier alpha value is -2.12. The first kappa shape index (κ1) is 18.7. The Morgan fingerprint density at radius 2 is 1.62 bits per heavy atom. The lowest BCUT2D eigenvalue weighted by molar-refractivity contribution is 0.200. The van der Waals surface area contributed by atoms with Crippen molar-refractivity contribution in [2.75, 3.05) is 18.4 Å². The van der Waals surface area contributed by atoms with Gasteiger partial charge in [-0.05, 0) is 61.4 Å². The third-order valence-corrected chi connectivity index (χ3v) is 6.94. The number of amides is 2. The molecule has 2 aromatic carbocycles. The predicted molar refractivity (Wildman–Crippen MR) is 98.7 cm³/mol. The quantitative estimate of drug-likeness (QED) is 0.799. The van der Waals surface area contributed by atoms with Gasteiger partial charge in [-0.15, -0.1) is 0 Å². The highest BCUT2D eigenvalue weighted by molar-refractivity contribution is 7.92. The molecule has 3 rings (SSSR count). The fourth-order valence-electron chi connectivity index (χ4n) is 2.92. The van der Waals surface area contributed by atoms with Gasteiger partial charge in [-0.2, -0.15) is 0 Å². The lowest BCUT2D eigenvalue weighted by atomic mass is 10.1. The number of benzene rings is 2. The number of carbonyl (C=O) groups is 1. The molecule has 5 nitrogen and oxygen atoms in total. The Morgan fingerprint density at radius 3 is 2.19 bits per heavy atom. The minimum Gasteiger partial charge on any atom is -0.324 e. The van der Waals surface area contributed by atoms with E-state index in [0.29, 0.717) is 36.6 Å². The van der Waals surface area contributed by atoms with Crippen molar-refractivity contribution in [1.29, 1.82) is 0 Å². The number of nitrogens with one attached hydrogen (secondary N) is 1. The maximum Gasteiger partial charge on any atom is 0.321 e. The lowest BCUT2D eigenvalue weighted by Gasteiger charge is -2.31. The van der Waals surface area contributed by atoms with Crippen LogP contribution in [0.15, 0.2) is 53.4 Å². The standard InChI is InChI=1S/C18H18ClFN2O3S/c19-13-1-5-15(6-2-13)21-18(23)22-11-9-17(10-12-22)26(24,25)16-7-3-14(20)4-8-16/h1-8,17H,9-12H2,(H,21,23). The van der Waals surface area contributed by atoms with Crippen LogP contribution < -0.4 is 5.32 Å². The van der Waals surface area contributed by atoms with Crippen molar-refractivity contribution in [2.45, 2.75) is 23.0 Å². The van der Waals surface area contributed by atoms with E-state index in [0.717, 1.165) is 12.1 Å². The number of nitrogens with zero attached hydrogens (tertiary/aromatic N) is 1. The van der Waals surface area contributed by atoms with E-state index in [1.165, 1.54) is 12.1 Å². The Balaban J connectivity index is 1.60. The molecule has 2 aromatic rings. The van der Waals surface area contributed by atoms with Crippen molar-refractivity contribution in [3.8, 4) is 0 Å². The van der Waals surface area contributed by atoms with E-state index in [9.17, 15) is 17.6 Å². The number of likely N-dealkylation sites (tertiary alicyclic amines) is 1. The first-order valence-electron chi connectivity index (χ1n) is 8.17. The molecule has 8 heteroatoms. The van der Waals surface area contributed by atoms with Crippen molar-refractivity contribution in [3.63, 3.8) is 0 Å². The van der Waals surface area contributed by atoms with Gasteiger partial charge in [0, 0.05) is 23.8 Å². The van der Waals surface area contributed by atoms with Crippen LogP contribution in [0, 0.1) is 5.82 Å². The van der Waals surface area contributed by atoms with Crippen molar-refractivity contribution < 1.29 is 17.6 Å². The molecule has 1 N–H and O–H groups in total. The van der Waals surface area contributed by atoms with Gasteiger partial charge in [-0.3, -0.25) is 0 Å². The van der Waals surface area contributed by atoms with E-state index in [1.807, 2.05) is 0 Å². The summed E-state index contributed by atoms with van der Waals surface area (Å²) < 4.78 is 38.3. The molecule has 138 valence electrons. The number of anilines is 1. The summed E-state index contributed by atoms with van der Waals surface area (Å²) in [5.41, 5.74) is 0.625. The molecule has 0 spiro atoms. The zero-order valence-electron chi connectivity index (χ0n) is 13.9. The van der Waals surface area contributed by atoms with Crippen molar-refractivity contribution in [3.05, 3.63) is 59.4 Å². The van der Waals surface area contributed by atoms with E-state index in [1.54, 1.807) is 29.2 Å². The van der Waals surface area contributed by atoms with Crippen molar-refractivity contribution >= 4 is 33.2 Å². The van der Waals surface area contributed by atoms with Gasteiger partial charge in [-0.25, -0.2) is 17.6 Å². The van der Waals surface area contributed by atoms with Gasteiger partial charge in [0.15, 0.2) is 9.84 Å². The van der Waals surface area contributed by atoms with E-state index in [2.05, 4.69) is 5.32 Å². The van der Waals surface area contributed by atoms with E-state index in [4.69, 9.17) is 11.6 Å². The van der Waals surface area contributed by atoms with Crippen LogP contribution in [-0.4, -0.2) is 37.7 Å². The molecule has 0 unspecified atom stereocenters. The third kappa shape index (κ3) is 4.16. The van der Waals surface area contributed by atoms with Gasteiger partial charge in [-0.1, -0.05) is 11.6 Å². The minimum atomic E-state index is -3.53. The smallest absolute Gasteiger partial charge is 0.321 e. The SMILES string of the molecule is O=C(Nc1ccc(Cl)cc1)N1CCC(S(=O)(=O)c2ccc(F)cc2)CC1. The number of halogens is 2. The number of sulfone groups is 1. The Morgan fingerprint density at radius 1 is 1.04 bits per heavy atom. The fraction of sp³-hybridized carbons (Fsp3) is 0.278. The number of urea groups is 1. The maximum atomic E-state index is 13.0. The number of hydrogen-bond acceptors (Lipinski definition) is 3. The minimum absolute atomic E-state index is 0.114. The second-order valence-corrected chi connectivity index (χ2v) is 8.79. The van der Waals surface area contributed by atoms with Crippen LogP contribution in [0.4, 0.5) is 14.9 Å². The highest BCUT2D eigenvalue weighted by atomic mass is 35.5. The van der Waals surface area contributed by atoms with Crippen LogP contribution in [0.1, 0.15) is 12.8 Å². The first-order chi connectivity index (χ1) is 12.4. The van der Waals surface area contributed by atoms with Crippen LogP contribution in [-0.2, 0) is 9.84 Å². The highest BCUT2D eigenvalue weighted by Crippen LogP contribution is 2.25. The summed E-state index contributed by atoms with van der Waals surface area (Å²) in [4.78, 5) is 14.0. The summed E-state index contributed by atoms with van der Waals surface area (Å²) in [6.45, 7) is 0.676. The molecule has 0 aliphatic carbocycles. The Kier molecular flexibility index (Phi) is 5.48. The molecule has 1 aliphatic rings. The average Bonchev–Trinajstić information content (AvgIpc) is 2.64. The third-order valence-electron chi connectivity index (χ3n) is 4.41. The van der Waals surface area contributed by atoms with Crippen LogP contribution in [0.25, 0.3) is 0 Å². The van der Waals surface area contributed by atoms with Crippen molar-refractivity contribution in [1.82, 2.24) is 4.90 Å². The summed E-state index contributed by atoms with van der Waals surface area (Å²) in [7, 11) is -3.53. The average molecular weight is 397 g/mol. The molecule has 2 amide bonds. The lowest BCUT2D eigenvalue weighted by Crippen LogP contribution is -2.44.